The first-order chi connectivity index (χ1) is 13.6. The Kier molecular flexibility index (Phi) is 7.33. The first kappa shape index (κ1) is 20.2. The van der Waals surface area contributed by atoms with Gasteiger partial charge in [-0.2, -0.15) is 0 Å². The predicted octanol–water partition coefficient (Wildman–Crippen LogP) is 4.16. The molecule has 0 aliphatic rings. The van der Waals surface area contributed by atoms with Crippen molar-refractivity contribution in [3.8, 4) is 0 Å². The summed E-state index contributed by atoms with van der Waals surface area (Å²) < 4.78 is 13.6. The summed E-state index contributed by atoms with van der Waals surface area (Å²) >= 11 is 2.82. The first-order valence-electron chi connectivity index (χ1n) is 8.77. The molecule has 0 atom stereocenters. The molecule has 3 rings (SSSR count). The zero-order chi connectivity index (χ0) is 19.8. The van der Waals surface area contributed by atoms with Crippen molar-refractivity contribution >= 4 is 34.8 Å². The van der Waals surface area contributed by atoms with E-state index in [2.05, 4.69) is 10.3 Å². The average Bonchev–Trinajstić information content (AvgIpc) is 3.15. The quantitative estimate of drug-likeness (QED) is 0.422. The highest BCUT2D eigenvalue weighted by atomic mass is 32.2. The van der Waals surface area contributed by atoms with Crippen LogP contribution in [-0.4, -0.2) is 29.0 Å². The van der Waals surface area contributed by atoms with Crippen LogP contribution in [0, 0.1) is 5.82 Å². The van der Waals surface area contributed by atoms with Crippen LogP contribution < -0.4 is 5.32 Å². The maximum absolute atomic E-state index is 12.9. The molecule has 28 heavy (non-hydrogen) atoms. The molecule has 144 valence electrons. The third-order valence-electron chi connectivity index (χ3n) is 3.94. The number of nitrogens with zero attached hydrogens (tertiary/aromatic N) is 1. The number of thioether (sulfide) groups is 1. The van der Waals surface area contributed by atoms with Gasteiger partial charge in [0.25, 0.3) is 0 Å². The van der Waals surface area contributed by atoms with Crippen LogP contribution in [0.3, 0.4) is 0 Å². The third-order valence-corrected chi connectivity index (χ3v) is 6.01. The molecular weight excluding hydrogens is 395 g/mol. The van der Waals surface area contributed by atoms with E-state index >= 15 is 0 Å². The van der Waals surface area contributed by atoms with E-state index in [-0.39, 0.29) is 23.9 Å². The summed E-state index contributed by atoms with van der Waals surface area (Å²) in [5, 5.41) is 4.69. The van der Waals surface area contributed by atoms with E-state index in [1.807, 2.05) is 23.6 Å². The van der Waals surface area contributed by atoms with Gasteiger partial charge in [-0.05, 0) is 24.1 Å². The van der Waals surface area contributed by atoms with E-state index in [9.17, 15) is 14.0 Å². The fraction of sp³-hybridized carbons (Fsp3) is 0.190. The normalized spacial score (nSPS) is 10.6. The van der Waals surface area contributed by atoms with Crippen molar-refractivity contribution in [3.63, 3.8) is 0 Å². The van der Waals surface area contributed by atoms with Gasteiger partial charge in [0, 0.05) is 17.5 Å². The molecule has 1 amide bonds. The molecule has 0 fully saturated rings. The second kappa shape index (κ2) is 10.1. The van der Waals surface area contributed by atoms with Crippen molar-refractivity contribution < 1.29 is 14.0 Å². The summed E-state index contributed by atoms with van der Waals surface area (Å²) in [7, 11) is 0. The van der Waals surface area contributed by atoms with Crippen molar-refractivity contribution in [2.24, 2.45) is 0 Å². The number of ketones is 1. The zero-order valence-electron chi connectivity index (χ0n) is 15.1. The van der Waals surface area contributed by atoms with Crippen LogP contribution in [-0.2, 0) is 17.6 Å². The molecule has 0 saturated carbocycles. The standard InChI is InChI=1S/C21H19FN2O2S2/c22-17-8-6-15(7-9-17)10-11-23-20(26)12-18-13-27-21(24-18)28-14-19(25)16-4-2-1-3-5-16/h1-9,13H,10-12,14H2,(H,23,26). The number of rotatable bonds is 9. The maximum Gasteiger partial charge on any atom is 0.226 e. The minimum atomic E-state index is -0.268. The lowest BCUT2D eigenvalue weighted by Crippen LogP contribution is -2.27. The lowest BCUT2D eigenvalue weighted by atomic mass is 10.1. The Balaban J connectivity index is 1.40. The van der Waals surface area contributed by atoms with Crippen LogP contribution in [0.2, 0.25) is 0 Å². The molecule has 1 N–H and O–H groups in total. The second-order valence-electron chi connectivity index (χ2n) is 6.09. The lowest BCUT2D eigenvalue weighted by molar-refractivity contribution is -0.120. The van der Waals surface area contributed by atoms with E-state index in [0.717, 1.165) is 9.90 Å². The number of hydrogen-bond donors (Lipinski definition) is 1. The summed E-state index contributed by atoms with van der Waals surface area (Å²) in [6.07, 6.45) is 0.846. The molecule has 7 heteroatoms. The highest BCUT2D eigenvalue weighted by Crippen LogP contribution is 2.23. The second-order valence-corrected chi connectivity index (χ2v) is 8.17. The number of nitrogens with one attached hydrogen (secondary N) is 1. The Bertz CT molecular complexity index is 927. The molecule has 1 aromatic heterocycles. The van der Waals surface area contributed by atoms with E-state index in [0.29, 0.717) is 30.0 Å². The monoisotopic (exact) mass is 414 g/mol. The number of carbonyl (C=O) groups excluding carboxylic acids is 2. The Labute approximate surface area is 171 Å². The molecule has 2 aromatic carbocycles. The van der Waals surface area contributed by atoms with Gasteiger partial charge >= 0.3 is 0 Å². The molecule has 0 aliphatic heterocycles. The molecule has 0 aliphatic carbocycles. The molecule has 0 spiro atoms. The minimum absolute atomic E-state index is 0.0564. The van der Waals surface area contributed by atoms with Gasteiger partial charge in [-0.3, -0.25) is 9.59 Å². The zero-order valence-corrected chi connectivity index (χ0v) is 16.7. The largest absolute Gasteiger partial charge is 0.355 e. The van der Waals surface area contributed by atoms with Gasteiger partial charge in [-0.25, -0.2) is 9.37 Å². The highest BCUT2D eigenvalue weighted by Gasteiger charge is 2.11. The molecule has 3 aromatic rings. The number of halogens is 1. The van der Waals surface area contributed by atoms with Crippen LogP contribution >= 0.6 is 23.1 Å². The van der Waals surface area contributed by atoms with Crippen molar-refractivity contribution in [2.45, 2.75) is 17.2 Å². The SMILES string of the molecule is O=C(Cc1csc(SCC(=O)c2ccccc2)n1)NCCc1ccc(F)cc1. The van der Waals surface area contributed by atoms with Crippen molar-refractivity contribution in [1.82, 2.24) is 10.3 Å². The van der Waals surface area contributed by atoms with E-state index in [1.54, 1.807) is 24.3 Å². The van der Waals surface area contributed by atoms with E-state index < -0.39 is 0 Å². The topological polar surface area (TPSA) is 59.1 Å². The van der Waals surface area contributed by atoms with Gasteiger partial charge in [-0.15, -0.1) is 11.3 Å². The number of aromatic nitrogens is 1. The number of benzene rings is 2. The molecule has 0 bridgehead atoms. The Morgan fingerprint density at radius 3 is 2.57 bits per heavy atom. The Hall–Kier alpha value is -2.51. The molecule has 4 nitrogen and oxygen atoms in total. The molecule has 0 saturated heterocycles. The number of Topliss-reactive ketones (excluding diaryl/α,β-unsaturated/α-hetero) is 1. The van der Waals surface area contributed by atoms with Gasteiger partial charge in [0.2, 0.25) is 5.91 Å². The highest BCUT2D eigenvalue weighted by molar-refractivity contribution is 8.01. The van der Waals surface area contributed by atoms with Gasteiger partial charge < -0.3 is 5.32 Å². The number of amides is 1. The Morgan fingerprint density at radius 2 is 1.82 bits per heavy atom. The summed E-state index contributed by atoms with van der Waals surface area (Å²) in [5.41, 5.74) is 2.35. The van der Waals surface area contributed by atoms with Crippen LogP contribution in [0.5, 0.6) is 0 Å². The molecule has 0 radical (unpaired) electrons. The predicted molar refractivity (Wildman–Crippen MR) is 110 cm³/mol. The fourth-order valence-electron chi connectivity index (χ4n) is 2.49. The fourth-order valence-corrected chi connectivity index (χ4v) is 4.23. The van der Waals surface area contributed by atoms with Gasteiger partial charge in [0.1, 0.15) is 5.82 Å². The molecular formula is C21H19FN2O2S2. The van der Waals surface area contributed by atoms with Crippen molar-refractivity contribution in [3.05, 3.63) is 82.6 Å². The van der Waals surface area contributed by atoms with Gasteiger partial charge in [0.05, 0.1) is 17.9 Å². The number of carbonyl (C=O) groups is 2. The van der Waals surface area contributed by atoms with E-state index in [1.165, 1.54) is 35.2 Å². The van der Waals surface area contributed by atoms with Crippen LogP contribution in [0.4, 0.5) is 4.39 Å². The Morgan fingerprint density at radius 1 is 1.07 bits per heavy atom. The van der Waals surface area contributed by atoms with Crippen LogP contribution in [0.1, 0.15) is 21.6 Å². The smallest absolute Gasteiger partial charge is 0.226 e. The summed E-state index contributed by atoms with van der Waals surface area (Å²) in [4.78, 5) is 28.6. The summed E-state index contributed by atoms with van der Waals surface area (Å²) in [6, 6.07) is 15.4. The summed E-state index contributed by atoms with van der Waals surface area (Å²) in [5.74, 6) is 0.00145. The summed E-state index contributed by atoms with van der Waals surface area (Å²) in [6.45, 7) is 0.488. The number of hydrogen-bond acceptors (Lipinski definition) is 5. The third kappa shape index (κ3) is 6.28. The van der Waals surface area contributed by atoms with Gasteiger partial charge in [-0.1, -0.05) is 54.2 Å². The lowest BCUT2D eigenvalue weighted by Gasteiger charge is -2.04. The van der Waals surface area contributed by atoms with Crippen molar-refractivity contribution in [2.75, 3.05) is 12.3 Å². The maximum atomic E-state index is 12.9. The van der Waals surface area contributed by atoms with Crippen LogP contribution in [0.25, 0.3) is 0 Å². The van der Waals surface area contributed by atoms with Crippen LogP contribution in [0.15, 0.2) is 64.3 Å². The first-order valence-corrected chi connectivity index (χ1v) is 10.6. The average molecular weight is 415 g/mol. The number of thiazole rings is 1. The van der Waals surface area contributed by atoms with E-state index in [4.69, 9.17) is 0 Å². The molecule has 0 unspecified atom stereocenters. The minimum Gasteiger partial charge on any atom is -0.355 e. The van der Waals surface area contributed by atoms with Gasteiger partial charge in [0.15, 0.2) is 10.1 Å². The van der Waals surface area contributed by atoms with Crippen molar-refractivity contribution in [1.29, 1.82) is 0 Å². The molecule has 1 heterocycles.